The lowest BCUT2D eigenvalue weighted by atomic mass is 9.57. The van der Waals surface area contributed by atoms with Gasteiger partial charge in [-0.15, -0.1) is 6.58 Å². The zero-order valence-corrected chi connectivity index (χ0v) is 38.8. The Bertz CT molecular complexity index is 2660. The number of nitrogens with zero attached hydrogens (tertiary/aromatic N) is 1. The van der Waals surface area contributed by atoms with Gasteiger partial charge in [0, 0.05) is 40.4 Å². The first-order valence-corrected chi connectivity index (χ1v) is 22.6. The van der Waals surface area contributed by atoms with Gasteiger partial charge in [0.15, 0.2) is 11.5 Å². The molecule has 15 heteroatoms. The molecule has 4 fully saturated rings. The summed E-state index contributed by atoms with van der Waals surface area (Å²) in [5, 5.41) is 23.9. The molecule has 0 aromatic heterocycles. The van der Waals surface area contributed by atoms with Gasteiger partial charge in [0.25, 0.3) is 23.6 Å². The highest BCUT2D eigenvalue weighted by Crippen LogP contribution is 2.51. The average Bonchev–Trinajstić information content (AvgIpc) is 4.02. The SMILES string of the molecule is C=CCOc1c(C(=O)Nc2ccc(C(=O)OC(C)(C)C)cc2)ccc(NC(=O)c2ccc(NC(=O)[C@]3(NC(=O)C4CC(NC(=O)c5ccc(C#N)cc5)C5CC4C5)C[C@@H]3C=C)cc2)c1OC(C)C. The first-order valence-electron chi connectivity index (χ1n) is 22.6. The molecular weight excluding hydrogens is 865 g/mol. The number of hydrogen-bond donors (Lipinski definition) is 5. The molecular formula is C53H56N6O9. The van der Waals surface area contributed by atoms with E-state index in [1.54, 1.807) is 113 Å². The molecule has 4 saturated carbocycles. The van der Waals surface area contributed by atoms with Crippen LogP contribution in [0.25, 0.3) is 0 Å². The van der Waals surface area contributed by atoms with E-state index in [1.165, 1.54) is 18.2 Å². The standard InChI is InChI=1S/C53H56N6O9/c1-8-24-66-44-40(48(62)55-38-20-16-34(17-21-38)50(64)68-52(5,6)7)22-23-42(45(44)67-30(3)4)57-46(60)33-14-18-39(19-15-33)56-51(65)53(28-37(53)9-2)59-49(63)41-27-43(36-25-35(41)26-36)58-47(61)32-12-10-31(29-54)11-13-32/h8-23,30,35-37,41,43H,1-2,24-28H2,3-7H3,(H,55,62)(H,56,65)(H,57,60)(H,58,61)(H,59,63)/t35?,36?,37-,41?,43?,53-/m0/s1. The predicted molar refractivity (Wildman–Crippen MR) is 256 cm³/mol. The Morgan fingerprint density at radius 3 is 1.97 bits per heavy atom. The predicted octanol–water partition coefficient (Wildman–Crippen LogP) is 8.21. The van der Waals surface area contributed by atoms with E-state index in [2.05, 4.69) is 39.7 Å². The molecule has 2 bridgehead atoms. The molecule has 352 valence electrons. The number of amides is 5. The van der Waals surface area contributed by atoms with Crippen molar-refractivity contribution in [2.75, 3.05) is 22.6 Å². The number of fused-ring (bicyclic) bond motifs is 2. The lowest BCUT2D eigenvalue weighted by Crippen LogP contribution is -2.58. The molecule has 0 heterocycles. The molecule has 2 unspecified atom stereocenters. The normalized spacial score (nSPS) is 21.0. The molecule has 0 spiro atoms. The van der Waals surface area contributed by atoms with Crippen molar-refractivity contribution >= 4 is 52.6 Å². The van der Waals surface area contributed by atoms with E-state index in [0.717, 1.165) is 12.8 Å². The molecule has 15 nitrogen and oxygen atoms in total. The highest BCUT2D eigenvalue weighted by atomic mass is 16.6. The molecule has 4 atom stereocenters. The lowest BCUT2D eigenvalue weighted by molar-refractivity contribution is -0.136. The Kier molecular flexibility index (Phi) is 14.2. The van der Waals surface area contributed by atoms with E-state index in [-0.39, 0.29) is 76.4 Å². The van der Waals surface area contributed by atoms with Gasteiger partial charge < -0.3 is 40.8 Å². The Morgan fingerprint density at radius 1 is 0.765 bits per heavy atom. The van der Waals surface area contributed by atoms with Crippen LogP contribution in [0, 0.1) is 35.0 Å². The smallest absolute Gasteiger partial charge is 0.338 e. The monoisotopic (exact) mass is 920 g/mol. The second kappa shape index (κ2) is 20.0. The first kappa shape index (κ1) is 48.2. The van der Waals surface area contributed by atoms with E-state index >= 15 is 0 Å². The van der Waals surface area contributed by atoms with Crippen molar-refractivity contribution in [1.29, 1.82) is 5.26 Å². The van der Waals surface area contributed by atoms with Crippen LogP contribution in [0.5, 0.6) is 11.5 Å². The average molecular weight is 921 g/mol. The minimum Gasteiger partial charge on any atom is -0.485 e. The Hall–Kier alpha value is -7.73. The summed E-state index contributed by atoms with van der Waals surface area (Å²) in [7, 11) is 0. The lowest BCUT2D eigenvalue weighted by Gasteiger charge is -2.51. The van der Waals surface area contributed by atoms with Crippen LogP contribution in [-0.4, -0.2) is 65.4 Å². The molecule has 4 aliphatic carbocycles. The molecule has 0 aliphatic heterocycles. The number of anilines is 3. The second-order valence-electron chi connectivity index (χ2n) is 18.7. The van der Waals surface area contributed by atoms with Crippen LogP contribution in [0.4, 0.5) is 17.1 Å². The minimum absolute atomic E-state index is 0.0199. The Labute approximate surface area is 395 Å². The van der Waals surface area contributed by atoms with Gasteiger partial charge in [-0.2, -0.15) is 5.26 Å². The molecule has 4 aromatic rings. The quantitative estimate of drug-likeness (QED) is 0.0506. The number of esters is 1. The van der Waals surface area contributed by atoms with Crippen LogP contribution >= 0.6 is 0 Å². The highest BCUT2D eigenvalue weighted by molar-refractivity contribution is 6.10. The fourth-order valence-electron chi connectivity index (χ4n) is 8.66. The van der Waals surface area contributed by atoms with Crippen molar-refractivity contribution in [2.24, 2.45) is 23.7 Å². The molecule has 68 heavy (non-hydrogen) atoms. The van der Waals surface area contributed by atoms with Gasteiger partial charge in [-0.05, 0) is 157 Å². The number of nitrogens with one attached hydrogen (secondary N) is 5. The van der Waals surface area contributed by atoms with Crippen molar-refractivity contribution in [3.8, 4) is 17.6 Å². The number of rotatable bonds is 17. The third-order valence-corrected chi connectivity index (χ3v) is 12.3. The summed E-state index contributed by atoms with van der Waals surface area (Å²) in [4.78, 5) is 80.9. The molecule has 8 rings (SSSR count). The zero-order valence-electron chi connectivity index (χ0n) is 38.8. The fraction of sp³-hybridized carbons (Fsp3) is 0.340. The van der Waals surface area contributed by atoms with E-state index in [9.17, 15) is 28.8 Å². The van der Waals surface area contributed by atoms with Crippen LogP contribution < -0.4 is 36.1 Å². The van der Waals surface area contributed by atoms with Gasteiger partial charge >= 0.3 is 5.97 Å². The summed E-state index contributed by atoms with van der Waals surface area (Å²) in [5.74, 6) is -2.52. The maximum absolute atomic E-state index is 13.9. The Morgan fingerprint density at radius 2 is 1.38 bits per heavy atom. The van der Waals surface area contributed by atoms with Crippen LogP contribution in [0.1, 0.15) is 107 Å². The summed E-state index contributed by atoms with van der Waals surface area (Å²) in [6.45, 7) is 16.6. The van der Waals surface area contributed by atoms with Crippen molar-refractivity contribution in [3.63, 3.8) is 0 Å². The number of hydrogen-bond acceptors (Lipinski definition) is 10. The molecule has 5 amide bonds. The summed E-state index contributed by atoms with van der Waals surface area (Å²) < 4.78 is 17.6. The van der Waals surface area contributed by atoms with Gasteiger partial charge in [0.05, 0.1) is 34.6 Å². The van der Waals surface area contributed by atoms with Crippen LogP contribution in [0.15, 0.2) is 110 Å². The van der Waals surface area contributed by atoms with Gasteiger partial charge in [-0.1, -0.05) is 18.7 Å². The Balaban J connectivity index is 1.000. The summed E-state index contributed by atoms with van der Waals surface area (Å²) in [6, 6.07) is 23.8. The number of benzene rings is 4. The van der Waals surface area contributed by atoms with E-state index in [1.807, 2.05) is 6.07 Å². The summed E-state index contributed by atoms with van der Waals surface area (Å²) >= 11 is 0. The molecule has 0 saturated heterocycles. The summed E-state index contributed by atoms with van der Waals surface area (Å²) in [6.07, 6.45) is 5.20. The van der Waals surface area contributed by atoms with Crippen molar-refractivity contribution in [3.05, 3.63) is 138 Å². The fourth-order valence-corrected chi connectivity index (χ4v) is 8.66. The van der Waals surface area contributed by atoms with Crippen molar-refractivity contribution in [1.82, 2.24) is 10.6 Å². The van der Waals surface area contributed by atoms with Crippen molar-refractivity contribution in [2.45, 2.75) is 83.6 Å². The largest absolute Gasteiger partial charge is 0.485 e. The topological polar surface area (TPSA) is 214 Å². The zero-order chi connectivity index (χ0) is 48.9. The number of nitriles is 1. The maximum Gasteiger partial charge on any atom is 0.338 e. The minimum atomic E-state index is -1.20. The summed E-state index contributed by atoms with van der Waals surface area (Å²) in [5.41, 5.74) is 0.755. The third kappa shape index (κ3) is 10.9. The molecule has 5 N–H and O–H groups in total. The number of carbonyl (C=O) groups excluding carboxylic acids is 6. The first-order chi connectivity index (χ1) is 32.4. The van der Waals surface area contributed by atoms with Gasteiger partial charge in [-0.25, -0.2) is 4.79 Å². The number of carbonyl (C=O) groups is 6. The third-order valence-electron chi connectivity index (χ3n) is 12.3. The van der Waals surface area contributed by atoms with Crippen LogP contribution in [0.3, 0.4) is 0 Å². The van der Waals surface area contributed by atoms with E-state index in [0.29, 0.717) is 40.9 Å². The van der Waals surface area contributed by atoms with Gasteiger partial charge in [0.2, 0.25) is 5.91 Å². The van der Waals surface area contributed by atoms with E-state index in [4.69, 9.17) is 19.5 Å². The maximum atomic E-state index is 13.9. The second-order valence-corrected chi connectivity index (χ2v) is 18.7. The van der Waals surface area contributed by atoms with Crippen LogP contribution in [0.2, 0.25) is 0 Å². The number of ether oxygens (including phenoxy) is 3. The van der Waals surface area contributed by atoms with Gasteiger partial charge in [-0.3, -0.25) is 24.0 Å². The molecule has 4 aromatic carbocycles. The van der Waals surface area contributed by atoms with Crippen LogP contribution in [-0.2, 0) is 14.3 Å². The highest BCUT2D eigenvalue weighted by Gasteiger charge is 2.61. The van der Waals surface area contributed by atoms with Gasteiger partial charge in [0.1, 0.15) is 17.7 Å². The molecule has 4 aliphatic rings. The van der Waals surface area contributed by atoms with E-state index < -0.39 is 40.9 Å². The van der Waals surface area contributed by atoms with Crippen molar-refractivity contribution < 1.29 is 43.0 Å². The molecule has 0 radical (unpaired) electrons.